The Labute approximate surface area is 189 Å². The third kappa shape index (κ3) is 4.83. The number of nitrogens with zero attached hydrogens (tertiary/aromatic N) is 2. The number of ether oxygens (including phenoxy) is 2. The largest absolute Gasteiger partial charge is 0.496 e. The van der Waals surface area contributed by atoms with E-state index in [4.69, 9.17) is 9.47 Å². The van der Waals surface area contributed by atoms with Crippen molar-refractivity contribution in [2.75, 3.05) is 13.7 Å². The number of allylic oxidation sites excluding steroid dienone is 1. The average molecular weight is 433 g/mol. The van der Waals surface area contributed by atoms with Gasteiger partial charge in [-0.15, -0.1) is 0 Å². The predicted molar refractivity (Wildman–Crippen MR) is 121 cm³/mol. The summed E-state index contributed by atoms with van der Waals surface area (Å²) in [7, 11) is 1.57. The number of benzene rings is 2. The number of nitriles is 1. The fourth-order valence-corrected chi connectivity index (χ4v) is 3.95. The van der Waals surface area contributed by atoms with Crippen molar-refractivity contribution in [2.45, 2.75) is 39.7 Å². The highest BCUT2D eigenvalue weighted by atomic mass is 16.5. The average Bonchev–Trinajstić information content (AvgIpc) is 2.80. The molecule has 6 nitrogen and oxygen atoms in total. The second-order valence-electron chi connectivity index (χ2n) is 8.24. The number of amides is 1. The summed E-state index contributed by atoms with van der Waals surface area (Å²) in [6, 6.07) is 16.7. The molecule has 0 fully saturated rings. The van der Waals surface area contributed by atoms with Gasteiger partial charge in [0.25, 0.3) is 0 Å². The van der Waals surface area contributed by atoms with Gasteiger partial charge in [0.05, 0.1) is 37.5 Å². The molecular formula is C26H28N2O4. The van der Waals surface area contributed by atoms with E-state index in [0.717, 1.165) is 11.1 Å². The Kier molecular flexibility index (Phi) is 7.32. The number of para-hydroxylation sites is 1. The fraction of sp³-hybridized carbons (Fsp3) is 0.346. The number of carbonyl (C=O) groups is 2. The molecule has 166 valence electrons. The minimum absolute atomic E-state index is 0.110. The molecular weight excluding hydrogens is 404 g/mol. The summed E-state index contributed by atoms with van der Waals surface area (Å²) in [6.45, 7) is 6.22. The van der Waals surface area contributed by atoms with E-state index in [0.29, 0.717) is 29.2 Å². The number of carbonyl (C=O) groups excluding carboxylic acids is 2. The minimum Gasteiger partial charge on any atom is -0.496 e. The Balaban J connectivity index is 2.07. The SMILES string of the molecule is COc1ccccc1C1CC(=O)N(Cc2ccccc2C#N)C(C)=C1C(=O)OCC(C)C. The summed E-state index contributed by atoms with van der Waals surface area (Å²) in [5, 5.41) is 9.44. The van der Waals surface area contributed by atoms with Crippen molar-refractivity contribution in [2.24, 2.45) is 5.92 Å². The standard InChI is InChI=1S/C26H28N2O4/c1-17(2)16-32-26(30)25-18(3)28(15-20-10-6-5-9-19(20)14-27)24(29)13-22(25)21-11-7-8-12-23(21)31-4/h5-12,17,22H,13,15-16H2,1-4H3. The molecule has 32 heavy (non-hydrogen) atoms. The van der Waals surface area contributed by atoms with E-state index < -0.39 is 11.9 Å². The summed E-state index contributed by atoms with van der Waals surface area (Å²) < 4.78 is 11.1. The molecule has 0 saturated carbocycles. The number of rotatable bonds is 7. The van der Waals surface area contributed by atoms with Gasteiger partial charge in [-0.1, -0.05) is 50.2 Å². The van der Waals surface area contributed by atoms with E-state index in [1.165, 1.54) is 0 Å². The first-order valence-electron chi connectivity index (χ1n) is 10.7. The van der Waals surface area contributed by atoms with E-state index in [1.54, 1.807) is 31.1 Å². The van der Waals surface area contributed by atoms with Crippen LogP contribution < -0.4 is 4.74 Å². The van der Waals surface area contributed by atoms with Crippen LogP contribution in [0, 0.1) is 17.2 Å². The molecule has 1 aliphatic heterocycles. The highest BCUT2D eigenvalue weighted by Crippen LogP contribution is 2.41. The molecule has 1 heterocycles. The molecule has 0 bridgehead atoms. The maximum Gasteiger partial charge on any atom is 0.336 e. The quantitative estimate of drug-likeness (QED) is 0.600. The van der Waals surface area contributed by atoms with Crippen LogP contribution in [0.4, 0.5) is 0 Å². The lowest BCUT2D eigenvalue weighted by molar-refractivity contribution is -0.141. The van der Waals surface area contributed by atoms with Crippen molar-refractivity contribution in [3.63, 3.8) is 0 Å². The molecule has 2 aromatic carbocycles. The molecule has 0 N–H and O–H groups in total. The Bertz CT molecular complexity index is 1080. The third-order valence-corrected chi connectivity index (χ3v) is 5.57. The van der Waals surface area contributed by atoms with Crippen LogP contribution in [0.25, 0.3) is 0 Å². The van der Waals surface area contributed by atoms with Gasteiger partial charge < -0.3 is 14.4 Å². The molecule has 0 aromatic heterocycles. The molecule has 0 saturated heterocycles. The maximum absolute atomic E-state index is 13.2. The van der Waals surface area contributed by atoms with Crippen molar-refractivity contribution >= 4 is 11.9 Å². The number of hydrogen-bond donors (Lipinski definition) is 0. The lowest BCUT2D eigenvalue weighted by Crippen LogP contribution is -2.38. The van der Waals surface area contributed by atoms with Crippen LogP contribution >= 0.6 is 0 Å². The zero-order chi connectivity index (χ0) is 23.3. The van der Waals surface area contributed by atoms with Gasteiger partial charge in [-0.2, -0.15) is 5.26 Å². The van der Waals surface area contributed by atoms with Crippen LogP contribution in [0.3, 0.4) is 0 Å². The normalized spacial score (nSPS) is 16.2. The second kappa shape index (κ2) is 10.1. The molecule has 1 atom stereocenters. The van der Waals surface area contributed by atoms with Gasteiger partial charge in [0.15, 0.2) is 0 Å². The monoisotopic (exact) mass is 432 g/mol. The van der Waals surface area contributed by atoms with Gasteiger partial charge in [-0.3, -0.25) is 4.79 Å². The fourth-order valence-electron chi connectivity index (χ4n) is 3.95. The van der Waals surface area contributed by atoms with Gasteiger partial charge in [0, 0.05) is 23.6 Å². The predicted octanol–water partition coefficient (Wildman–Crippen LogP) is 4.56. The van der Waals surface area contributed by atoms with E-state index >= 15 is 0 Å². The zero-order valence-corrected chi connectivity index (χ0v) is 18.9. The van der Waals surface area contributed by atoms with Crippen LogP contribution in [0.15, 0.2) is 59.8 Å². The van der Waals surface area contributed by atoms with Crippen molar-refractivity contribution in [3.8, 4) is 11.8 Å². The minimum atomic E-state index is -0.472. The highest BCUT2D eigenvalue weighted by Gasteiger charge is 2.38. The van der Waals surface area contributed by atoms with Crippen LogP contribution in [-0.2, 0) is 20.9 Å². The highest BCUT2D eigenvalue weighted by molar-refractivity contribution is 5.96. The number of esters is 1. The Morgan fingerprint density at radius 1 is 1.19 bits per heavy atom. The summed E-state index contributed by atoms with van der Waals surface area (Å²) >= 11 is 0. The molecule has 6 heteroatoms. The zero-order valence-electron chi connectivity index (χ0n) is 18.9. The molecule has 1 unspecified atom stereocenters. The van der Waals surface area contributed by atoms with Gasteiger partial charge in [-0.25, -0.2) is 4.79 Å². The van der Waals surface area contributed by atoms with Gasteiger partial charge in [-0.05, 0) is 30.5 Å². The van der Waals surface area contributed by atoms with Gasteiger partial charge in [0.1, 0.15) is 5.75 Å². The molecule has 1 aliphatic rings. The first-order chi connectivity index (χ1) is 15.4. The van der Waals surface area contributed by atoms with Crippen molar-refractivity contribution in [1.29, 1.82) is 5.26 Å². The van der Waals surface area contributed by atoms with Crippen molar-refractivity contribution in [3.05, 3.63) is 76.5 Å². The van der Waals surface area contributed by atoms with Gasteiger partial charge >= 0.3 is 5.97 Å². The van der Waals surface area contributed by atoms with Crippen LogP contribution in [-0.4, -0.2) is 30.5 Å². The summed E-state index contributed by atoms with van der Waals surface area (Å²) in [5.41, 5.74) is 3.00. The van der Waals surface area contributed by atoms with Crippen molar-refractivity contribution < 1.29 is 19.1 Å². The van der Waals surface area contributed by atoms with E-state index in [1.807, 2.05) is 50.2 Å². The lowest BCUT2D eigenvalue weighted by atomic mass is 9.83. The lowest BCUT2D eigenvalue weighted by Gasteiger charge is -2.35. The molecule has 1 amide bonds. The third-order valence-electron chi connectivity index (χ3n) is 5.57. The Morgan fingerprint density at radius 2 is 1.88 bits per heavy atom. The Morgan fingerprint density at radius 3 is 2.56 bits per heavy atom. The Hall–Kier alpha value is -3.59. The summed E-state index contributed by atoms with van der Waals surface area (Å²) in [6.07, 6.45) is 0.110. The van der Waals surface area contributed by atoms with Crippen LogP contribution in [0.2, 0.25) is 0 Å². The molecule has 0 radical (unpaired) electrons. The summed E-state index contributed by atoms with van der Waals surface area (Å²) in [5.74, 6) is -0.213. The number of methoxy groups -OCH3 is 1. The van der Waals surface area contributed by atoms with Crippen LogP contribution in [0.5, 0.6) is 5.75 Å². The first-order valence-corrected chi connectivity index (χ1v) is 10.7. The van der Waals surface area contributed by atoms with E-state index in [9.17, 15) is 14.9 Å². The molecule has 3 rings (SSSR count). The first kappa shape index (κ1) is 23.1. The molecule has 2 aromatic rings. The molecule has 0 aliphatic carbocycles. The smallest absolute Gasteiger partial charge is 0.336 e. The van der Waals surface area contributed by atoms with E-state index in [-0.39, 0.29) is 24.8 Å². The van der Waals surface area contributed by atoms with Crippen molar-refractivity contribution in [1.82, 2.24) is 4.90 Å². The second-order valence-corrected chi connectivity index (χ2v) is 8.24. The number of hydrogen-bond acceptors (Lipinski definition) is 5. The maximum atomic E-state index is 13.2. The topological polar surface area (TPSA) is 79.6 Å². The molecule has 0 spiro atoms. The summed E-state index contributed by atoms with van der Waals surface area (Å²) in [4.78, 5) is 28.0. The van der Waals surface area contributed by atoms with E-state index in [2.05, 4.69) is 6.07 Å². The van der Waals surface area contributed by atoms with Gasteiger partial charge in [0.2, 0.25) is 5.91 Å². The van der Waals surface area contributed by atoms with Crippen LogP contribution in [0.1, 0.15) is 49.8 Å².